The van der Waals surface area contributed by atoms with E-state index in [2.05, 4.69) is 4.98 Å². The molecule has 2 aromatic carbocycles. The minimum absolute atomic E-state index is 0.102. The second kappa shape index (κ2) is 7.91. The van der Waals surface area contributed by atoms with E-state index in [1.54, 1.807) is 29.9 Å². The summed E-state index contributed by atoms with van der Waals surface area (Å²) in [5.41, 5.74) is 7.19. The summed E-state index contributed by atoms with van der Waals surface area (Å²) in [4.78, 5) is 17.4. The summed E-state index contributed by atoms with van der Waals surface area (Å²) in [5, 5.41) is 0. The van der Waals surface area contributed by atoms with Crippen LogP contribution >= 0.6 is 0 Å². The molecule has 0 aliphatic heterocycles. The van der Waals surface area contributed by atoms with Crippen molar-refractivity contribution in [1.82, 2.24) is 9.55 Å². The van der Waals surface area contributed by atoms with E-state index in [1.807, 2.05) is 18.2 Å². The lowest BCUT2D eigenvalue weighted by atomic mass is 10.1. The third-order valence-electron chi connectivity index (χ3n) is 4.28. The van der Waals surface area contributed by atoms with E-state index in [9.17, 15) is 4.79 Å². The van der Waals surface area contributed by atoms with Gasteiger partial charge in [-0.15, -0.1) is 0 Å². The predicted molar refractivity (Wildman–Crippen MR) is 104 cm³/mol. The van der Waals surface area contributed by atoms with Crippen molar-refractivity contribution in [1.29, 1.82) is 0 Å². The summed E-state index contributed by atoms with van der Waals surface area (Å²) in [6.07, 6.45) is 1.48. The molecule has 146 valence electrons. The van der Waals surface area contributed by atoms with Gasteiger partial charge in [0.25, 0.3) is 0 Å². The first kappa shape index (κ1) is 19.1. The molecule has 0 aliphatic carbocycles. The van der Waals surface area contributed by atoms with Crippen LogP contribution in [0.4, 0.5) is 5.82 Å². The van der Waals surface area contributed by atoms with Crippen LogP contribution in [0.2, 0.25) is 0 Å². The normalized spacial score (nSPS) is 10.4. The molecule has 0 atom stereocenters. The number of aromatic nitrogens is 2. The number of carbonyl (C=O) groups excluding carboxylic acids is 1. The van der Waals surface area contributed by atoms with Crippen molar-refractivity contribution in [3.8, 4) is 28.7 Å². The van der Waals surface area contributed by atoms with Gasteiger partial charge in [0.2, 0.25) is 11.5 Å². The van der Waals surface area contributed by atoms with Crippen molar-refractivity contribution in [2.45, 2.75) is 0 Å². The van der Waals surface area contributed by atoms with Crippen molar-refractivity contribution < 1.29 is 23.7 Å². The highest BCUT2D eigenvalue weighted by Gasteiger charge is 2.24. The Labute approximate surface area is 162 Å². The molecular weight excluding hydrogens is 362 g/mol. The van der Waals surface area contributed by atoms with Gasteiger partial charge in [0, 0.05) is 5.56 Å². The fourth-order valence-corrected chi connectivity index (χ4v) is 2.95. The van der Waals surface area contributed by atoms with Gasteiger partial charge in [-0.2, -0.15) is 0 Å². The molecule has 3 rings (SSSR count). The SMILES string of the molecule is COc1ccccc1-n1cnc(N)c1C(=O)c1cc(OC)c(OC)c(OC)c1. The summed E-state index contributed by atoms with van der Waals surface area (Å²) in [5.74, 6) is 1.47. The molecule has 2 N–H and O–H groups in total. The number of benzene rings is 2. The number of hydrogen-bond acceptors (Lipinski definition) is 7. The summed E-state index contributed by atoms with van der Waals surface area (Å²) in [6, 6.07) is 10.4. The van der Waals surface area contributed by atoms with Crippen LogP contribution in [-0.2, 0) is 0 Å². The molecule has 0 radical (unpaired) electrons. The largest absolute Gasteiger partial charge is 0.495 e. The van der Waals surface area contributed by atoms with E-state index in [1.165, 1.54) is 27.7 Å². The molecule has 0 amide bonds. The number of anilines is 1. The Hall–Kier alpha value is -3.68. The van der Waals surface area contributed by atoms with Gasteiger partial charge in [0.15, 0.2) is 17.3 Å². The number of nitrogens with two attached hydrogens (primary N) is 1. The number of nitrogens with zero attached hydrogens (tertiary/aromatic N) is 2. The average Bonchev–Trinajstić information content (AvgIpc) is 3.12. The van der Waals surface area contributed by atoms with Gasteiger partial charge in [-0.25, -0.2) is 4.98 Å². The highest BCUT2D eigenvalue weighted by molar-refractivity contribution is 6.11. The van der Waals surface area contributed by atoms with Gasteiger partial charge in [0.1, 0.15) is 17.8 Å². The zero-order valence-electron chi connectivity index (χ0n) is 16.1. The molecule has 28 heavy (non-hydrogen) atoms. The monoisotopic (exact) mass is 383 g/mol. The lowest BCUT2D eigenvalue weighted by molar-refractivity contribution is 0.103. The Balaban J connectivity index is 2.16. The van der Waals surface area contributed by atoms with E-state index in [0.717, 1.165) is 0 Å². The summed E-state index contributed by atoms with van der Waals surface area (Å²) < 4.78 is 23.0. The fourth-order valence-electron chi connectivity index (χ4n) is 2.95. The minimum atomic E-state index is -0.347. The van der Waals surface area contributed by atoms with Gasteiger partial charge in [-0.3, -0.25) is 9.36 Å². The molecule has 8 nitrogen and oxygen atoms in total. The van der Waals surface area contributed by atoms with Crippen LogP contribution in [0.1, 0.15) is 16.1 Å². The molecule has 1 heterocycles. The quantitative estimate of drug-likeness (QED) is 0.627. The molecule has 0 aliphatic rings. The molecule has 0 spiro atoms. The van der Waals surface area contributed by atoms with Crippen LogP contribution in [0.25, 0.3) is 5.69 Å². The third kappa shape index (κ3) is 3.20. The van der Waals surface area contributed by atoms with Crippen LogP contribution in [-0.4, -0.2) is 43.8 Å². The number of rotatable bonds is 7. The zero-order valence-corrected chi connectivity index (χ0v) is 16.1. The number of imidazole rings is 1. The van der Waals surface area contributed by atoms with E-state index in [-0.39, 0.29) is 17.3 Å². The second-order valence-corrected chi connectivity index (χ2v) is 5.76. The highest BCUT2D eigenvalue weighted by Crippen LogP contribution is 2.39. The molecular formula is C20H21N3O5. The smallest absolute Gasteiger partial charge is 0.213 e. The highest BCUT2D eigenvalue weighted by atomic mass is 16.5. The molecule has 3 aromatic rings. The van der Waals surface area contributed by atoms with Crippen LogP contribution in [0.5, 0.6) is 23.0 Å². The number of hydrogen-bond donors (Lipinski definition) is 1. The molecule has 1 aromatic heterocycles. The standard InChI is InChI=1S/C20H21N3O5/c1-25-14-8-6-5-7-13(14)23-11-22-20(21)17(23)18(24)12-9-15(26-2)19(28-4)16(10-12)27-3/h5-11H,21H2,1-4H3. The van der Waals surface area contributed by atoms with Crippen LogP contribution in [0.15, 0.2) is 42.7 Å². The number of nitrogen functional groups attached to an aromatic ring is 1. The van der Waals surface area contributed by atoms with E-state index in [4.69, 9.17) is 24.7 Å². The Morgan fingerprint density at radius 3 is 2.11 bits per heavy atom. The molecule has 0 saturated heterocycles. The first-order chi connectivity index (χ1) is 13.5. The van der Waals surface area contributed by atoms with Crippen LogP contribution in [0.3, 0.4) is 0 Å². The second-order valence-electron chi connectivity index (χ2n) is 5.76. The van der Waals surface area contributed by atoms with Gasteiger partial charge in [-0.05, 0) is 24.3 Å². The molecule has 0 unspecified atom stereocenters. The van der Waals surface area contributed by atoms with E-state index >= 15 is 0 Å². The first-order valence-corrected chi connectivity index (χ1v) is 8.36. The van der Waals surface area contributed by atoms with Gasteiger partial charge in [-0.1, -0.05) is 12.1 Å². The number of para-hydroxylation sites is 2. The van der Waals surface area contributed by atoms with Crippen molar-refractivity contribution in [2.24, 2.45) is 0 Å². The Bertz CT molecular complexity index is 988. The fraction of sp³-hybridized carbons (Fsp3) is 0.200. The van der Waals surface area contributed by atoms with Gasteiger partial charge >= 0.3 is 0 Å². The predicted octanol–water partition coefficient (Wildman–Crippen LogP) is 2.72. The summed E-state index contributed by atoms with van der Waals surface area (Å²) >= 11 is 0. The topological polar surface area (TPSA) is 97.8 Å². The Kier molecular flexibility index (Phi) is 5.39. The van der Waals surface area contributed by atoms with Gasteiger partial charge in [0.05, 0.1) is 34.1 Å². The minimum Gasteiger partial charge on any atom is -0.495 e. The third-order valence-corrected chi connectivity index (χ3v) is 4.28. The molecule has 0 bridgehead atoms. The number of carbonyl (C=O) groups is 1. The number of methoxy groups -OCH3 is 4. The average molecular weight is 383 g/mol. The lowest BCUT2D eigenvalue weighted by Crippen LogP contribution is -2.12. The van der Waals surface area contributed by atoms with E-state index in [0.29, 0.717) is 34.2 Å². The molecule has 0 fully saturated rings. The van der Waals surface area contributed by atoms with E-state index < -0.39 is 0 Å². The van der Waals surface area contributed by atoms with Crippen molar-refractivity contribution in [3.63, 3.8) is 0 Å². The maximum atomic E-state index is 13.3. The lowest BCUT2D eigenvalue weighted by Gasteiger charge is -2.15. The Morgan fingerprint density at radius 2 is 1.54 bits per heavy atom. The zero-order chi connectivity index (χ0) is 20.3. The summed E-state index contributed by atoms with van der Waals surface area (Å²) in [7, 11) is 6.02. The van der Waals surface area contributed by atoms with Crippen molar-refractivity contribution in [3.05, 3.63) is 54.0 Å². The van der Waals surface area contributed by atoms with Crippen LogP contribution in [0, 0.1) is 0 Å². The maximum Gasteiger partial charge on any atom is 0.213 e. The molecule has 8 heteroatoms. The van der Waals surface area contributed by atoms with Gasteiger partial charge < -0.3 is 24.7 Å². The summed E-state index contributed by atoms with van der Waals surface area (Å²) in [6.45, 7) is 0. The molecule has 0 saturated carbocycles. The number of ether oxygens (including phenoxy) is 4. The van der Waals surface area contributed by atoms with Crippen molar-refractivity contribution >= 4 is 11.6 Å². The maximum absolute atomic E-state index is 13.3. The first-order valence-electron chi connectivity index (χ1n) is 8.36. The van der Waals surface area contributed by atoms with Crippen LogP contribution < -0.4 is 24.7 Å². The number of ketones is 1. The Morgan fingerprint density at radius 1 is 0.929 bits per heavy atom. The van der Waals surface area contributed by atoms with Crippen molar-refractivity contribution in [2.75, 3.05) is 34.2 Å².